The van der Waals surface area contributed by atoms with Crippen LogP contribution < -0.4 is 13.6 Å². The molecule has 0 fully saturated rings. The standard InChI is InChI=1S/C54H87O3P/c1-19-31-49(7,8)40-25-28-46(43(37-40)52(13,14)34-22-4)55-58(56-47-29-26-41(50(9,10)32-20-2)38-44(47)53(15,16)35-23-5)57-48-30-27-42(51(11,12)33-21-3)39-45(48)54(17,18)36-24-6/h25-30,37-39H,19-24,31-36H2,1-18H3. The van der Waals surface area contributed by atoms with Crippen molar-refractivity contribution in [3.8, 4) is 17.2 Å². The summed E-state index contributed by atoms with van der Waals surface area (Å²) in [4.78, 5) is 0. The van der Waals surface area contributed by atoms with Gasteiger partial charge in [0.25, 0.3) is 0 Å². The molecule has 0 saturated heterocycles. The van der Waals surface area contributed by atoms with E-state index in [0.29, 0.717) is 0 Å². The van der Waals surface area contributed by atoms with Crippen molar-refractivity contribution in [3.63, 3.8) is 0 Å². The maximum Gasteiger partial charge on any atom is 0.530 e. The van der Waals surface area contributed by atoms with Gasteiger partial charge in [0, 0.05) is 16.7 Å². The van der Waals surface area contributed by atoms with Crippen molar-refractivity contribution in [1.29, 1.82) is 0 Å². The van der Waals surface area contributed by atoms with Crippen molar-refractivity contribution in [2.45, 2.75) is 234 Å². The van der Waals surface area contributed by atoms with Gasteiger partial charge in [0.1, 0.15) is 17.2 Å². The maximum absolute atomic E-state index is 7.26. The minimum Gasteiger partial charge on any atom is -0.408 e. The number of benzene rings is 3. The molecule has 0 N–H and O–H groups in total. The summed E-state index contributed by atoms with van der Waals surface area (Å²) >= 11 is 0. The SMILES string of the molecule is CCCC(C)(C)c1ccc(OP(Oc2ccc(C(C)(C)CCC)cc2C(C)(C)CCC)Oc2ccc(C(C)(C)CCC)cc2C(C)(C)CCC)c(C(C)(C)CCC)c1. The van der Waals surface area contributed by atoms with Crippen molar-refractivity contribution < 1.29 is 13.6 Å². The van der Waals surface area contributed by atoms with E-state index in [4.69, 9.17) is 13.6 Å². The summed E-state index contributed by atoms with van der Waals surface area (Å²) in [5, 5.41) is 0. The predicted octanol–water partition coefficient (Wildman–Crippen LogP) is 17.9. The highest BCUT2D eigenvalue weighted by molar-refractivity contribution is 7.43. The summed E-state index contributed by atoms with van der Waals surface area (Å²) in [7, 11) is -1.94. The first-order chi connectivity index (χ1) is 26.9. The second-order valence-electron chi connectivity index (χ2n) is 21.4. The van der Waals surface area contributed by atoms with E-state index in [2.05, 4.69) is 179 Å². The lowest BCUT2D eigenvalue weighted by molar-refractivity contribution is 0.361. The molecule has 3 rings (SSSR count). The fourth-order valence-corrected chi connectivity index (χ4v) is 10.6. The summed E-state index contributed by atoms with van der Waals surface area (Å²) in [6.07, 6.45) is 13.2. The predicted molar refractivity (Wildman–Crippen MR) is 256 cm³/mol. The molecular formula is C54H87O3P. The van der Waals surface area contributed by atoms with Crippen LogP contribution in [0.25, 0.3) is 0 Å². The molecular weight excluding hydrogens is 728 g/mol. The van der Waals surface area contributed by atoms with Crippen LogP contribution in [0.4, 0.5) is 0 Å². The Bertz CT molecular complexity index is 1540. The zero-order chi connectivity index (χ0) is 43.7. The van der Waals surface area contributed by atoms with E-state index in [-0.39, 0.29) is 32.5 Å². The Balaban J connectivity index is 2.37. The first-order valence-corrected chi connectivity index (χ1v) is 24.3. The molecule has 0 unspecified atom stereocenters. The quantitative estimate of drug-likeness (QED) is 0.0843. The smallest absolute Gasteiger partial charge is 0.408 e. The van der Waals surface area contributed by atoms with E-state index in [1.54, 1.807) is 0 Å². The van der Waals surface area contributed by atoms with Crippen molar-refractivity contribution in [2.75, 3.05) is 0 Å². The molecule has 4 heteroatoms. The summed E-state index contributed by atoms with van der Waals surface area (Å²) in [6, 6.07) is 20.7. The Morgan fingerprint density at radius 3 is 0.741 bits per heavy atom. The Morgan fingerprint density at radius 1 is 0.328 bits per heavy atom. The Hall–Kier alpha value is -2.51. The van der Waals surface area contributed by atoms with E-state index < -0.39 is 8.60 Å². The number of rotatable bonds is 24. The molecule has 0 aliphatic carbocycles. The minimum absolute atomic E-state index is 0.0577. The Morgan fingerprint density at radius 2 is 0.534 bits per heavy atom. The largest absolute Gasteiger partial charge is 0.530 e. The third-order valence-electron chi connectivity index (χ3n) is 13.2. The fraction of sp³-hybridized carbons (Fsp3) is 0.667. The van der Waals surface area contributed by atoms with Gasteiger partial charge in [0.15, 0.2) is 0 Å². The van der Waals surface area contributed by atoms with Crippen LogP contribution in [0.5, 0.6) is 17.2 Å². The average molecular weight is 815 g/mol. The highest BCUT2D eigenvalue weighted by atomic mass is 31.2. The summed E-state index contributed by atoms with van der Waals surface area (Å²) < 4.78 is 21.8. The lowest BCUT2D eigenvalue weighted by atomic mass is 9.75. The molecule has 0 radical (unpaired) electrons. The van der Waals surface area contributed by atoms with Crippen LogP contribution in [-0.4, -0.2) is 0 Å². The van der Waals surface area contributed by atoms with Crippen LogP contribution in [0.3, 0.4) is 0 Å². The molecule has 0 spiro atoms. The third kappa shape index (κ3) is 12.5. The van der Waals surface area contributed by atoms with Crippen LogP contribution >= 0.6 is 8.60 Å². The molecule has 326 valence electrons. The fourth-order valence-electron chi connectivity index (χ4n) is 9.56. The monoisotopic (exact) mass is 815 g/mol. The molecule has 0 atom stereocenters. The van der Waals surface area contributed by atoms with Crippen LogP contribution in [0, 0.1) is 0 Å². The molecule has 0 amide bonds. The molecule has 3 nitrogen and oxygen atoms in total. The van der Waals surface area contributed by atoms with Gasteiger partial charge in [-0.15, -0.1) is 0 Å². The summed E-state index contributed by atoms with van der Waals surface area (Å²) in [5.41, 5.74) is 7.60. The van der Waals surface area contributed by atoms with Crippen LogP contribution in [0.1, 0.15) is 235 Å². The number of hydrogen-bond donors (Lipinski definition) is 0. The highest BCUT2D eigenvalue weighted by Gasteiger charge is 2.35. The second kappa shape index (κ2) is 20.4. The van der Waals surface area contributed by atoms with E-state index in [1.165, 1.54) is 33.4 Å². The molecule has 3 aromatic carbocycles. The zero-order valence-corrected chi connectivity index (χ0v) is 41.7. The normalized spacial score (nSPS) is 13.3. The van der Waals surface area contributed by atoms with Gasteiger partial charge in [-0.3, -0.25) is 0 Å². The second-order valence-corrected chi connectivity index (χ2v) is 22.4. The molecule has 0 aromatic heterocycles. The lowest BCUT2D eigenvalue weighted by Crippen LogP contribution is -2.23. The van der Waals surface area contributed by atoms with Gasteiger partial charge in [0.2, 0.25) is 0 Å². The maximum atomic E-state index is 7.26. The topological polar surface area (TPSA) is 27.7 Å². The Kier molecular flexibility index (Phi) is 17.5. The molecule has 58 heavy (non-hydrogen) atoms. The molecule has 0 bridgehead atoms. The van der Waals surface area contributed by atoms with Crippen molar-refractivity contribution in [1.82, 2.24) is 0 Å². The van der Waals surface area contributed by atoms with Crippen molar-refractivity contribution >= 4 is 8.60 Å². The van der Waals surface area contributed by atoms with Gasteiger partial charge >= 0.3 is 8.60 Å². The average Bonchev–Trinajstić information content (AvgIpc) is 3.11. The van der Waals surface area contributed by atoms with Crippen LogP contribution in [0.2, 0.25) is 0 Å². The molecule has 0 saturated carbocycles. The van der Waals surface area contributed by atoms with Gasteiger partial charge in [0.05, 0.1) is 0 Å². The number of hydrogen-bond acceptors (Lipinski definition) is 3. The molecule has 3 aromatic rings. The van der Waals surface area contributed by atoms with E-state index in [1.807, 2.05) is 0 Å². The minimum atomic E-state index is -1.94. The van der Waals surface area contributed by atoms with E-state index in [0.717, 1.165) is 94.3 Å². The van der Waals surface area contributed by atoms with Crippen LogP contribution in [-0.2, 0) is 32.5 Å². The third-order valence-corrected chi connectivity index (χ3v) is 14.3. The van der Waals surface area contributed by atoms with Gasteiger partial charge in [-0.25, -0.2) is 0 Å². The first kappa shape index (κ1) is 49.8. The molecule has 0 heterocycles. The lowest BCUT2D eigenvalue weighted by Gasteiger charge is -2.34. The van der Waals surface area contributed by atoms with Gasteiger partial charge < -0.3 is 13.6 Å². The molecule has 0 aliphatic heterocycles. The first-order valence-electron chi connectivity index (χ1n) is 23.2. The summed E-state index contributed by atoms with van der Waals surface area (Å²) in [6.45, 7) is 42.1. The van der Waals surface area contributed by atoms with Crippen molar-refractivity contribution in [2.24, 2.45) is 0 Å². The van der Waals surface area contributed by atoms with Gasteiger partial charge in [-0.1, -0.05) is 200 Å². The van der Waals surface area contributed by atoms with Crippen molar-refractivity contribution in [3.05, 3.63) is 88.0 Å². The van der Waals surface area contributed by atoms with Gasteiger partial charge in [-0.2, -0.15) is 0 Å². The zero-order valence-electron chi connectivity index (χ0n) is 40.9. The van der Waals surface area contributed by atoms with E-state index in [9.17, 15) is 0 Å². The Labute approximate surface area is 360 Å². The van der Waals surface area contributed by atoms with E-state index >= 15 is 0 Å². The molecule has 0 aliphatic rings. The van der Waals surface area contributed by atoms with Gasteiger partial charge in [-0.05, 0) is 106 Å². The van der Waals surface area contributed by atoms with Crippen LogP contribution in [0.15, 0.2) is 54.6 Å². The summed E-state index contributed by atoms with van der Waals surface area (Å²) in [5.74, 6) is 2.56. The highest BCUT2D eigenvalue weighted by Crippen LogP contribution is 2.52.